The number of methoxy groups -OCH3 is 1. The van der Waals surface area contributed by atoms with E-state index in [1.807, 2.05) is 54.6 Å². The first-order chi connectivity index (χ1) is 13.1. The number of amides is 1. The lowest BCUT2D eigenvalue weighted by molar-refractivity contribution is -0.140. The first-order valence-electron chi connectivity index (χ1n) is 8.84. The van der Waals surface area contributed by atoms with E-state index in [9.17, 15) is 4.79 Å². The number of hydrogen-bond donors (Lipinski definition) is 0. The second-order valence-corrected chi connectivity index (χ2v) is 6.61. The molecule has 1 aliphatic rings. The molecule has 0 bridgehead atoms. The number of carbonyl (C=O) groups excluding carboxylic acids is 1. The smallest absolute Gasteiger partial charge is 0.267 e. The average Bonchev–Trinajstić information content (AvgIpc) is 2.72. The largest absolute Gasteiger partial charge is 0.497 e. The van der Waals surface area contributed by atoms with E-state index in [-0.39, 0.29) is 12.5 Å². The summed E-state index contributed by atoms with van der Waals surface area (Å²) in [4.78, 5) is 14.4. The van der Waals surface area contributed by atoms with E-state index in [1.54, 1.807) is 19.1 Å². The molecule has 1 aliphatic heterocycles. The third kappa shape index (κ3) is 3.53. The monoisotopic (exact) mass is 363 g/mol. The molecule has 0 aromatic heterocycles. The zero-order valence-corrected chi connectivity index (χ0v) is 15.3. The van der Waals surface area contributed by atoms with Crippen LogP contribution in [0.25, 0.3) is 10.8 Å². The van der Waals surface area contributed by atoms with Gasteiger partial charge in [-0.15, -0.1) is 0 Å². The lowest BCUT2D eigenvalue weighted by Gasteiger charge is -2.29. The molecule has 3 aromatic carbocycles. The zero-order chi connectivity index (χ0) is 18.8. The van der Waals surface area contributed by atoms with Crippen molar-refractivity contribution in [2.75, 3.05) is 20.8 Å². The number of fused-ring (bicyclic) bond motifs is 2. The van der Waals surface area contributed by atoms with Crippen molar-refractivity contribution in [1.82, 2.24) is 4.90 Å². The molecule has 1 heterocycles. The zero-order valence-electron chi connectivity index (χ0n) is 15.3. The number of nitrogens with zero attached hydrogens (tertiary/aromatic N) is 1. The molecule has 3 aromatic rings. The highest BCUT2D eigenvalue weighted by atomic mass is 16.6. The molecular formula is C22H21NO4. The Morgan fingerprint density at radius 2 is 1.81 bits per heavy atom. The minimum Gasteiger partial charge on any atom is -0.497 e. The van der Waals surface area contributed by atoms with Crippen LogP contribution >= 0.6 is 0 Å². The van der Waals surface area contributed by atoms with Gasteiger partial charge in [0.25, 0.3) is 5.91 Å². The third-order valence-electron chi connectivity index (χ3n) is 4.69. The van der Waals surface area contributed by atoms with Gasteiger partial charge in [-0.1, -0.05) is 30.3 Å². The molecule has 27 heavy (non-hydrogen) atoms. The Labute approximate surface area is 158 Å². The number of hydrogen-bond acceptors (Lipinski definition) is 4. The van der Waals surface area contributed by atoms with Crippen molar-refractivity contribution in [3.05, 3.63) is 66.2 Å². The topological polar surface area (TPSA) is 48.0 Å². The van der Waals surface area contributed by atoms with E-state index in [0.29, 0.717) is 18.0 Å². The summed E-state index contributed by atoms with van der Waals surface area (Å²) in [7, 11) is 3.44. The second kappa shape index (κ2) is 7.19. The van der Waals surface area contributed by atoms with E-state index in [2.05, 4.69) is 6.07 Å². The predicted octanol–water partition coefficient (Wildman–Crippen LogP) is 3.65. The van der Waals surface area contributed by atoms with Crippen LogP contribution in [0, 0.1) is 0 Å². The van der Waals surface area contributed by atoms with Gasteiger partial charge in [0, 0.05) is 13.6 Å². The molecule has 5 heteroatoms. The molecule has 0 aliphatic carbocycles. The van der Waals surface area contributed by atoms with Gasteiger partial charge < -0.3 is 19.1 Å². The van der Waals surface area contributed by atoms with Crippen LogP contribution in [0.3, 0.4) is 0 Å². The first-order valence-corrected chi connectivity index (χ1v) is 8.84. The van der Waals surface area contributed by atoms with Crippen molar-refractivity contribution in [3.8, 4) is 17.2 Å². The Hall–Kier alpha value is -3.21. The van der Waals surface area contributed by atoms with Gasteiger partial charge in [0.1, 0.15) is 12.4 Å². The molecule has 0 saturated heterocycles. The van der Waals surface area contributed by atoms with Crippen molar-refractivity contribution in [2.45, 2.75) is 12.6 Å². The minimum atomic E-state index is -0.630. The molecule has 0 fully saturated rings. The van der Waals surface area contributed by atoms with E-state index in [1.165, 1.54) is 0 Å². The number of likely N-dealkylation sites (N-methyl/N-ethyl adjacent to an activating group) is 1. The lowest BCUT2D eigenvalue weighted by Crippen LogP contribution is -2.44. The molecule has 138 valence electrons. The van der Waals surface area contributed by atoms with Crippen LogP contribution in [0.4, 0.5) is 0 Å². The van der Waals surface area contributed by atoms with Gasteiger partial charge in [-0.3, -0.25) is 4.79 Å². The first kappa shape index (κ1) is 17.2. The van der Waals surface area contributed by atoms with Crippen LogP contribution in [0.1, 0.15) is 5.56 Å². The quantitative estimate of drug-likeness (QED) is 0.710. The van der Waals surface area contributed by atoms with E-state index in [0.717, 1.165) is 22.1 Å². The Balaban J connectivity index is 1.46. The number of carbonyl (C=O) groups is 1. The van der Waals surface area contributed by atoms with Gasteiger partial charge in [0.15, 0.2) is 11.5 Å². The van der Waals surface area contributed by atoms with E-state index >= 15 is 0 Å². The van der Waals surface area contributed by atoms with Crippen molar-refractivity contribution in [2.24, 2.45) is 0 Å². The minimum absolute atomic E-state index is 0.0978. The fourth-order valence-corrected chi connectivity index (χ4v) is 3.24. The molecule has 0 N–H and O–H groups in total. The van der Waals surface area contributed by atoms with Crippen LogP contribution < -0.4 is 14.2 Å². The summed E-state index contributed by atoms with van der Waals surface area (Å²) in [6, 6.07) is 19.5. The fourth-order valence-electron chi connectivity index (χ4n) is 3.24. The normalized spacial score (nSPS) is 15.4. The number of para-hydroxylation sites is 2. The molecule has 1 amide bonds. The highest BCUT2D eigenvalue weighted by molar-refractivity contribution is 5.85. The van der Waals surface area contributed by atoms with Gasteiger partial charge in [-0.05, 0) is 46.7 Å². The number of ether oxygens (including phenoxy) is 3. The lowest BCUT2D eigenvalue weighted by atomic mass is 10.1. The highest BCUT2D eigenvalue weighted by Gasteiger charge is 2.29. The SMILES string of the molecule is COc1ccc2cc(CN(C)C(=O)[C@@H]3COc4ccccc4O3)ccc2c1. The Morgan fingerprint density at radius 3 is 2.63 bits per heavy atom. The van der Waals surface area contributed by atoms with Crippen molar-refractivity contribution < 1.29 is 19.0 Å². The summed E-state index contributed by atoms with van der Waals surface area (Å²) in [6.45, 7) is 0.722. The van der Waals surface area contributed by atoms with Crippen molar-refractivity contribution in [3.63, 3.8) is 0 Å². The van der Waals surface area contributed by atoms with Crippen LogP contribution in [-0.2, 0) is 11.3 Å². The number of benzene rings is 3. The summed E-state index contributed by atoms with van der Waals surface area (Å²) in [5, 5.41) is 2.22. The van der Waals surface area contributed by atoms with E-state index < -0.39 is 6.10 Å². The van der Waals surface area contributed by atoms with Crippen LogP contribution in [0.15, 0.2) is 60.7 Å². The summed E-state index contributed by atoms with van der Waals surface area (Å²) < 4.78 is 16.7. The summed E-state index contributed by atoms with van der Waals surface area (Å²) >= 11 is 0. The predicted molar refractivity (Wildman–Crippen MR) is 103 cm³/mol. The molecule has 0 spiro atoms. The van der Waals surface area contributed by atoms with Crippen molar-refractivity contribution in [1.29, 1.82) is 0 Å². The van der Waals surface area contributed by atoms with Gasteiger partial charge in [-0.2, -0.15) is 0 Å². The van der Waals surface area contributed by atoms with Gasteiger partial charge in [-0.25, -0.2) is 0 Å². The maximum absolute atomic E-state index is 12.8. The van der Waals surface area contributed by atoms with Gasteiger partial charge in [0.2, 0.25) is 6.10 Å². The molecule has 0 unspecified atom stereocenters. The van der Waals surface area contributed by atoms with Gasteiger partial charge in [0.05, 0.1) is 7.11 Å². The maximum Gasteiger partial charge on any atom is 0.267 e. The Kier molecular flexibility index (Phi) is 4.59. The summed E-state index contributed by atoms with van der Waals surface area (Å²) in [5.74, 6) is 2.01. The number of rotatable bonds is 4. The molecule has 1 atom stereocenters. The summed E-state index contributed by atoms with van der Waals surface area (Å²) in [6.07, 6.45) is -0.630. The maximum atomic E-state index is 12.8. The standard InChI is InChI=1S/C22H21NO4/c1-23(22(24)21-14-26-19-5-3-4-6-20(19)27-21)13-15-7-8-17-12-18(25-2)10-9-16(17)11-15/h3-12,21H,13-14H2,1-2H3/t21-/m0/s1. The highest BCUT2D eigenvalue weighted by Crippen LogP contribution is 2.31. The molecule has 4 rings (SSSR count). The fraction of sp³-hybridized carbons (Fsp3) is 0.227. The average molecular weight is 363 g/mol. The molecular weight excluding hydrogens is 342 g/mol. The van der Waals surface area contributed by atoms with Crippen LogP contribution in [-0.4, -0.2) is 37.7 Å². The van der Waals surface area contributed by atoms with Gasteiger partial charge >= 0.3 is 0 Å². The molecule has 0 saturated carbocycles. The molecule has 0 radical (unpaired) electrons. The Morgan fingerprint density at radius 1 is 1.07 bits per heavy atom. The third-order valence-corrected chi connectivity index (χ3v) is 4.69. The van der Waals surface area contributed by atoms with Crippen molar-refractivity contribution >= 4 is 16.7 Å². The Bertz CT molecular complexity index is 985. The summed E-state index contributed by atoms with van der Waals surface area (Å²) in [5.41, 5.74) is 1.06. The van der Waals surface area contributed by atoms with Crippen LogP contribution in [0.5, 0.6) is 17.2 Å². The van der Waals surface area contributed by atoms with Crippen LogP contribution in [0.2, 0.25) is 0 Å². The second-order valence-electron chi connectivity index (χ2n) is 6.61. The van der Waals surface area contributed by atoms with E-state index in [4.69, 9.17) is 14.2 Å². The molecule has 5 nitrogen and oxygen atoms in total.